The minimum atomic E-state index is -0.734. The number of hydrogen-bond acceptors (Lipinski definition) is 5. The van der Waals surface area contributed by atoms with Crippen LogP contribution in [0.2, 0.25) is 0 Å². The summed E-state index contributed by atoms with van der Waals surface area (Å²) in [6.45, 7) is 0.205. The van der Waals surface area contributed by atoms with Crippen LogP contribution in [-0.4, -0.2) is 48.7 Å². The number of aliphatic hydroxyl groups excluding tert-OH is 1. The first kappa shape index (κ1) is 12.7. The van der Waals surface area contributed by atoms with Crippen LogP contribution in [0.3, 0.4) is 0 Å². The number of rotatable bonds is 4. The van der Waals surface area contributed by atoms with Gasteiger partial charge in [0.1, 0.15) is 0 Å². The SMILES string of the molecule is CC(=O)O[C@H]1C(B=S)O[C@H](CO)[C@H]1CF. The van der Waals surface area contributed by atoms with Gasteiger partial charge >= 0.3 is 92.3 Å². The Bertz CT molecular complexity index is 253. The second-order valence-electron chi connectivity index (χ2n) is 3.35. The molecule has 1 aliphatic rings. The van der Waals surface area contributed by atoms with Gasteiger partial charge in [-0.1, -0.05) is 0 Å². The van der Waals surface area contributed by atoms with Crippen LogP contribution in [0.25, 0.3) is 0 Å². The van der Waals surface area contributed by atoms with Gasteiger partial charge < -0.3 is 0 Å². The van der Waals surface area contributed by atoms with Crippen LogP contribution in [0.4, 0.5) is 4.39 Å². The quantitative estimate of drug-likeness (QED) is 0.549. The van der Waals surface area contributed by atoms with Gasteiger partial charge in [0.25, 0.3) is 0 Å². The van der Waals surface area contributed by atoms with Crippen molar-refractivity contribution < 1.29 is 23.8 Å². The first-order chi connectivity index (χ1) is 7.13. The second kappa shape index (κ2) is 5.62. The molecular formula is C8H12BFO4S. The summed E-state index contributed by atoms with van der Waals surface area (Å²) in [4.78, 5) is 10.8. The topological polar surface area (TPSA) is 55.8 Å². The number of carbonyl (C=O) groups is 1. The van der Waals surface area contributed by atoms with Gasteiger partial charge in [0, 0.05) is 0 Å². The molecule has 1 N–H and O–H groups in total. The third-order valence-electron chi connectivity index (χ3n) is 2.35. The molecule has 15 heavy (non-hydrogen) atoms. The Morgan fingerprint density at radius 1 is 1.73 bits per heavy atom. The molecule has 0 aliphatic carbocycles. The zero-order chi connectivity index (χ0) is 11.4. The van der Waals surface area contributed by atoms with Crippen molar-refractivity contribution in [1.29, 1.82) is 0 Å². The van der Waals surface area contributed by atoms with Gasteiger partial charge in [0.2, 0.25) is 0 Å². The zero-order valence-corrected chi connectivity index (χ0v) is 9.08. The van der Waals surface area contributed by atoms with E-state index in [0.717, 1.165) is 0 Å². The molecule has 0 aromatic rings. The Morgan fingerprint density at radius 3 is 2.80 bits per heavy atom. The van der Waals surface area contributed by atoms with Crippen molar-refractivity contribution >= 4 is 24.2 Å². The van der Waals surface area contributed by atoms with Crippen LogP contribution in [0.1, 0.15) is 6.92 Å². The second-order valence-corrected chi connectivity index (χ2v) is 3.62. The van der Waals surface area contributed by atoms with Crippen LogP contribution in [0, 0.1) is 5.92 Å². The molecule has 0 aromatic heterocycles. The van der Waals surface area contributed by atoms with Gasteiger partial charge in [-0.25, -0.2) is 0 Å². The number of carbonyl (C=O) groups excluding carboxylic acids is 1. The predicted octanol–water partition coefficient (Wildman–Crippen LogP) is 0.0377. The molecule has 0 amide bonds. The molecule has 0 spiro atoms. The molecule has 1 saturated heterocycles. The van der Waals surface area contributed by atoms with Crippen molar-refractivity contribution in [2.75, 3.05) is 13.3 Å². The number of aliphatic hydroxyl groups is 1. The van der Waals surface area contributed by atoms with E-state index < -0.39 is 36.8 Å². The van der Waals surface area contributed by atoms with Gasteiger partial charge in [-0.2, -0.15) is 0 Å². The molecule has 0 aromatic carbocycles. The molecule has 4 nitrogen and oxygen atoms in total. The molecule has 0 bridgehead atoms. The van der Waals surface area contributed by atoms with Crippen molar-refractivity contribution in [1.82, 2.24) is 0 Å². The Morgan fingerprint density at radius 2 is 2.40 bits per heavy atom. The Hall–Kier alpha value is -0.395. The van der Waals surface area contributed by atoms with Crippen molar-refractivity contribution in [3.63, 3.8) is 0 Å². The Kier molecular flexibility index (Phi) is 4.75. The van der Waals surface area contributed by atoms with Gasteiger partial charge in [-0.3, -0.25) is 0 Å². The van der Waals surface area contributed by atoms with Gasteiger partial charge in [0.15, 0.2) is 0 Å². The molecular weight excluding hydrogens is 222 g/mol. The van der Waals surface area contributed by atoms with Gasteiger partial charge in [-0.15, -0.1) is 0 Å². The van der Waals surface area contributed by atoms with E-state index in [0.29, 0.717) is 0 Å². The third-order valence-corrected chi connectivity index (χ3v) is 2.62. The Balaban J connectivity index is 2.77. The molecule has 0 saturated carbocycles. The summed E-state index contributed by atoms with van der Waals surface area (Å²) in [7, 11) is 0. The average Bonchev–Trinajstić information content (AvgIpc) is 2.54. The fourth-order valence-corrected chi connectivity index (χ4v) is 1.88. The minimum absolute atomic E-state index is 0.313. The number of ether oxygens (including phenoxy) is 2. The van der Waals surface area contributed by atoms with Gasteiger partial charge in [-0.05, 0) is 0 Å². The van der Waals surface area contributed by atoms with Crippen LogP contribution < -0.4 is 0 Å². The first-order valence-electron chi connectivity index (χ1n) is 4.58. The summed E-state index contributed by atoms with van der Waals surface area (Å²) in [5, 5.41) is 8.95. The number of alkyl halides is 1. The number of hydrogen-bond donors (Lipinski definition) is 1. The molecule has 4 atom stereocenters. The van der Waals surface area contributed by atoms with Crippen molar-refractivity contribution in [2.24, 2.45) is 5.92 Å². The zero-order valence-electron chi connectivity index (χ0n) is 8.26. The summed E-state index contributed by atoms with van der Waals surface area (Å²) in [5.74, 6) is -1.16. The van der Waals surface area contributed by atoms with Crippen molar-refractivity contribution in [2.45, 2.75) is 25.1 Å². The van der Waals surface area contributed by atoms with E-state index in [9.17, 15) is 9.18 Å². The predicted molar refractivity (Wildman–Crippen MR) is 54.1 cm³/mol. The molecule has 0 radical (unpaired) electrons. The van der Waals surface area contributed by atoms with E-state index in [4.69, 9.17) is 26.6 Å². The molecule has 1 rings (SSSR count). The molecule has 84 valence electrons. The summed E-state index contributed by atoms with van der Waals surface area (Å²) in [6.07, 6.45) is -0.114. The summed E-state index contributed by atoms with van der Waals surface area (Å²) < 4.78 is 22.9. The third kappa shape index (κ3) is 2.79. The molecule has 1 heterocycles. The maximum absolute atomic E-state index is 12.7. The first-order valence-corrected chi connectivity index (χ1v) is 5.06. The van der Waals surface area contributed by atoms with Gasteiger partial charge in [0.05, 0.1) is 0 Å². The maximum atomic E-state index is 12.7. The summed E-state index contributed by atoms with van der Waals surface area (Å²) in [6, 6.07) is -0.623. The molecule has 1 fully saturated rings. The monoisotopic (exact) mass is 234 g/mol. The van der Waals surface area contributed by atoms with E-state index in [2.05, 4.69) is 0 Å². The fourth-order valence-electron chi connectivity index (χ4n) is 1.66. The van der Waals surface area contributed by atoms with Crippen molar-refractivity contribution in [3.8, 4) is 0 Å². The number of halogens is 1. The van der Waals surface area contributed by atoms with Crippen LogP contribution in [0.5, 0.6) is 0 Å². The van der Waals surface area contributed by atoms with E-state index in [-0.39, 0.29) is 6.61 Å². The van der Waals surface area contributed by atoms with E-state index in [1.165, 1.54) is 13.1 Å². The molecule has 7 heteroatoms. The average molecular weight is 234 g/mol. The van der Waals surface area contributed by atoms with E-state index in [1.54, 1.807) is 0 Å². The van der Waals surface area contributed by atoms with Crippen LogP contribution >= 0.6 is 12.1 Å². The van der Waals surface area contributed by atoms with Crippen LogP contribution in [-0.2, 0) is 14.3 Å². The summed E-state index contributed by atoms with van der Waals surface area (Å²) in [5.41, 5.74) is 0. The Labute approximate surface area is 92.8 Å². The van der Waals surface area contributed by atoms with Crippen LogP contribution in [0.15, 0.2) is 0 Å². The summed E-state index contributed by atoms with van der Waals surface area (Å²) >= 11 is 4.70. The van der Waals surface area contributed by atoms with E-state index in [1.807, 2.05) is 0 Å². The molecule has 1 aliphatic heterocycles. The van der Waals surface area contributed by atoms with Crippen molar-refractivity contribution in [3.05, 3.63) is 0 Å². The van der Waals surface area contributed by atoms with E-state index >= 15 is 0 Å². The normalized spacial score (nSPS) is 34.9. The number of esters is 1. The fraction of sp³-hybridized carbons (Fsp3) is 0.875. The standard InChI is InChI=1S/C8H12BFO4S/c1-4(12)13-7-5(2-10)6(3-11)14-8(7)9-15/h5-8,11H,2-3H2,1H3/t5-,6-,7-,8?/m1/s1. The molecule has 1 unspecified atom stereocenters.